The van der Waals surface area contributed by atoms with Gasteiger partial charge in [-0.2, -0.15) is 5.10 Å². The molecule has 0 atom stereocenters. The second-order valence-corrected chi connectivity index (χ2v) is 6.37. The summed E-state index contributed by atoms with van der Waals surface area (Å²) in [6, 6.07) is 1.84. The summed E-state index contributed by atoms with van der Waals surface area (Å²) < 4.78 is 29.7. The molecule has 0 spiro atoms. The van der Waals surface area contributed by atoms with Gasteiger partial charge >= 0.3 is 0 Å². The number of halogens is 1. The van der Waals surface area contributed by atoms with E-state index < -0.39 is 10.0 Å². The average Bonchev–Trinajstić information content (AvgIpc) is 2.86. The first-order valence-corrected chi connectivity index (χ1v) is 7.71. The topological polar surface area (TPSA) is 94.7 Å². The lowest BCUT2D eigenvalue weighted by Gasteiger charge is -2.05. The van der Waals surface area contributed by atoms with Gasteiger partial charge in [-0.15, -0.1) is 5.10 Å². The van der Waals surface area contributed by atoms with Crippen molar-refractivity contribution in [3.63, 3.8) is 0 Å². The molecule has 0 saturated carbocycles. The zero-order valence-corrected chi connectivity index (χ0v) is 12.8. The Morgan fingerprint density at radius 3 is 2.68 bits per heavy atom. The lowest BCUT2D eigenvalue weighted by atomic mass is 10.3. The summed E-state index contributed by atoms with van der Waals surface area (Å²) in [5.41, 5.74) is 0.826. The molecule has 0 aliphatic carbocycles. The van der Waals surface area contributed by atoms with E-state index in [-0.39, 0.29) is 16.2 Å². The van der Waals surface area contributed by atoms with Crippen LogP contribution in [0.15, 0.2) is 21.9 Å². The molecule has 0 bridgehead atoms. The van der Waals surface area contributed by atoms with E-state index >= 15 is 0 Å². The highest BCUT2D eigenvalue weighted by Gasteiger charge is 2.23. The van der Waals surface area contributed by atoms with E-state index in [4.69, 9.17) is 0 Å². The van der Waals surface area contributed by atoms with Gasteiger partial charge in [-0.05, 0) is 22.0 Å². The molecule has 0 aliphatic rings. The Morgan fingerprint density at radius 1 is 1.42 bits per heavy atom. The fraction of sp³-hybridized carbons (Fsp3) is 0.444. The van der Waals surface area contributed by atoms with E-state index in [0.29, 0.717) is 6.42 Å². The summed E-state index contributed by atoms with van der Waals surface area (Å²) in [4.78, 5) is 0. The molecule has 0 saturated heterocycles. The van der Waals surface area contributed by atoms with E-state index in [0.717, 1.165) is 5.69 Å². The predicted octanol–water partition coefficient (Wildman–Crippen LogP) is -0.168. The first kappa shape index (κ1) is 14.2. The summed E-state index contributed by atoms with van der Waals surface area (Å²) in [6.45, 7) is 0.261. The number of nitrogens with one attached hydrogen (secondary N) is 1. The van der Waals surface area contributed by atoms with E-state index in [1.807, 2.05) is 19.3 Å². The van der Waals surface area contributed by atoms with Gasteiger partial charge in [0.05, 0.1) is 5.69 Å². The fourth-order valence-corrected chi connectivity index (χ4v) is 3.71. The van der Waals surface area contributed by atoms with Crippen molar-refractivity contribution in [3.8, 4) is 0 Å². The molecule has 8 nitrogen and oxygen atoms in total. The Labute approximate surface area is 119 Å². The summed E-state index contributed by atoms with van der Waals surface area (Å²) in [7, 11) is -0.305. The molecular formula is C9H13BrN6O2S. The first-order chi connectivity index (χ1) is 8.90. The minimum absolute atomic E-state index is 0.00789. The Hall–Kier alpha value is -1.26. The molecule has 19 heavy (non-hydrogen) atoms. The maximum absolute atomic E-state index is 12.1. The lowest BCUT2D eigenvalue weighted by Crippen LogP contribution is -2.28. The molecule has 0 aromatic carbocycles. The van der Waals surface area contributed by atoms with Crippen LogP contribution < -0.4 is 4.72 Å². The van der Waals surface area contributed by atoms with Crippen LogP contribution in [-0.4, -0.2) is 39.7 Å². The van der Waals surface area contributed by atoms with Gasteiger partial charge in [0.1, 0.15) is 0 Å². The van der Waals surface area contributed by atoms with Crippen molar-refractivity contribution in [3.05, 3.63) is 22.6 Å². The maximum Gasteiger partial charge on any atom is 0.260 e. The van der Waals surface area contributed by atoms with Gasteiger partial charge in [-0.25, -0.2) is 17.8 Å². The third-order valence-electron chi connectivity index (χ3n) is 2.43. The first-order valence-electron chi connectivity index (χ1n) is 5.43. The highest BCUT2D eigenvalue weighted by atomic mass is 79.9. The zero-order valence-electron chi connectivity index (χ0n) is 10.4. The van der Waals surface area contributed by atoms with Crippen molar-refractivity contribution in [2.24, 2.45) is 14.1 Å². The molecule has 0 unspecified atom stereocenters. The second kappa shape index (κ2) is 5.39. The molecular weight excluding hydrogens is 336 g/mol. The highest BCUT2D eigenvalue weighted by Crippen LogP contribution is 2.17. The van der Waals surface area contributed by atoms with Gasteiger partial charge in [0.2, 0.25) is 5.03 Å². The smallest absolute Gasteiger partial charge is 0.260 e. The van der Waals surface area contributed by atoms with Crippen LogP contribution in [0.4, 0.5) is 0 Å². The predicted molar refractivity (Wildman–Crippen MR) is 70.8 cm³/mol. The van der Waals surface area contributed by atoms with Gasteiger partial charge in [-0.3, -0.25) is 4.68 Å². The van der Waals surface area contributed by atoms with Crippen LogP contribution in [-0.2, 0) is 30.5 Å². The summed E-state index contributed by atoms with van der Waals surface area (Å²) in [5, 5.41) is 11.5. The fourth-order valence-electron chi connectivity index (χ4n) is 1.59. The number of rotatable bonds is 5. The monoisotopic (exact) mass is 348 g/mol. The highest BCUT2D eigenvalue weighted by molar-refractivity contribution is 9.10. The van der Waals surface area contributed by atoms with Gasteiger partial charge in [0.15, 0.2) is 4.60 Å². The number of sulfonamides is 1. The molecule has 2 heterocycles. The van der Waals surface area contributed by atoms with Crippen LogP contribution in [0, 0.1) is 0 Å². The van der Waals surface area contributed by atoms with Gasteiger partial charge in [0, 0.05) is 33.3 Å². The largest absolute Gasteiger partial charge is 0.276 e. The van der Waals surface area contributed by atoms with E-state index in [1.54, 1.807) is 4.68 Å². The van der Waals surface area contributed by atoms with E-state index in [1.165, 1.54) is 11.7 Å². The number of hydrogen-bond donors (Lipinski definition) is 1. The summed E-state index contributed by atoms with van der Waals surface area (Å²) >= 11 is 3.06. The van der Waals surface area contributed by atoms with Crippen molar-refractivity contribution in [2.45, 2.75) is 11.4 Å². The Morgan fingerprint density at radius 2 is 2.16 bits per heavy atom. The molecule has 2 aromatic rings. The second-order valence-electron chi connectivity index (χ2n) is 3.94. The van der Waals surface area contributed by atoms with Crippen molar-refractivity contribution in [1.29, 1.82) is 0 Å². The van der Waals surface area contributed by atoms with Gasteiger partial charge in [-0.1, -0.05) is 5.21 Å². The minimum atomic E-state index is -3.64. The maximum atomic E-state index is 12.1. The summed E-state index contributed by atoms with van der Waals surface area (Å²) in [5.74, 6) is 0. The number of hydrogen-bond acceptors (Lipinski definition) is 5. The number of aryl methyl sites for hydroxylation is 2. The lowest BCUT2D eigenvalue weighted by molar-refractivity contribution is 0.560. The van der Waals surface area contributed by atoms with Crippen LogP contribution in [0.3, 0.4) is 0 Å². The molecule has 0 amide bonds. The molecule has 1 N–H and O–H groups in total. The van der Waals surface area contributed by atoms with Crippen molar-refractivity contribution >= 4 is 26.0 Å². The Bertz CT molecular complexity index is 657. The van der Waals surface area contributed by atoms with Gasteiger partial charge < -0.3 is 0 Å². The SMILES string of the molecule is Cn1ccc(CCNS(=O)(=O)c2c(Br)nnn2C)n1. The number of nitrogens with zero attached hydrogens (tertiary/aromatic N) is 5. The Kier molecular flexibility index (Phi) is 4.02. The molecule has 0 aliphatic heterocycles. The molecule has 2 rings (SSSR count). The minimum Gasteiger partial charge on any atom is -0.276 e. The zero-order chi connectivity index (χ0) is 14.0. The van der Waals surface area contributed by atoms with Crippen LogP contribution in [0.2, 0.25) is 0 Å². The summed E-state index contributed by atoms with van der Waals surface area (Å²) in [6.07, 6.45) is 2.33. The third kappa shape index (κ3) is 3.19. The van der Waals surface area contributed by atoms with Crippen LogP contribution in [0.1, 0.15) is 5.69 Å². The molecule has 104 valence electrons. The van der Waals surface area contributed by atoms with E-state index in [2.05, 4.69) is 36.1 Å². The molecule has 0 fully saturated rings. The van der Waals surface area contributed by atoms with Crippen LogP contribution >= 0.6 is 15.9 Å². The Balaban J connectivity index is 2.03. The van der Waals surface area contributed by atoms with Crippen molar-refractivity contribution in [1.82, 2.24) is 29.5 Å². The van der Waals surface area contributed by atoms with Crippen molar-refractivity contribution in [2.75, 3.05) is 6.54 Å². The molecule has 0 radical (unpaired) electrons. The van der Waals surface area contributed by atoms with Crippen LogP contribution in [0.5, 0.6) is 0 Å². The molecule has 10 heteroatoms. The molecule has 2 aromatic heterocycles. The standard InChI is InChI=1S/C9H13BrN6O2S/c1-15-6-4-7(13-15)3-5-11-19(17,18)9-8(10)12-14-16(9)2/h4,6,11H,3,5H2,1-2H3. The normalized spacial score (nSPS) is 11.9. The van der Waals surface area contributed by atoms with E-state index in [9.17, 15) is 8.42 Å². The third-order valence-corrected chi connectivity index (χ3v) is 4.78. The van der Waals surface area contributed by atoms with Gasteiger partial charge in [0.25, 0.3) is 10.0 Å². The van der Waals surface area contributed by atoms with Crippen molar-refractivity contribution < 1.29 is 8.42 Å². The van der Waals surface area contributed by atoms with Crippen LogP contribution in [0.25, 0.3) is 0 Å². The number of aromatic nitrogens is 5. The quantitative estimate of drug-likeness (QED) is 0.809. The average molecular weight is 349 g/mol.